The summed E-state index contributed by atoms with van der Waals surface area (Å²) in [5.41, 5.74) is 2.27. The molecule has 2 rings (SSSR count). The van der Waals surface area contributed by atoms with E-state index in [0.29, 0.717) is 0 Å². The Morgan fingerprint density at radius 2 is 1.39 bits per heavy atom. The normalized spacial score (nSPS) is 11.6. The highest BCUT2D eigenvalue weighted by Crippen LogP contribution is 2.30. The molecule has 2 aromatic rings. The molecular weight excluding hydrogens is 372 g/mol. The van der Waals surface area contributed by atoms with Gasteiger partial charge in [0.2, 0.25) is 0 Å². The third kappa shape index (κ3) is 6.04. The van der Waals surface area contributed by atoms with Crippen molar-refractivity contribution >= 4 is 33.7 Å². The first-order valence-electron chi connectivity index (χ1n) is 7.73. The molecule has 4 heteroatoms. The first-order chi connectivity index (χ1) is 11.0. The van der Waals surface area contributed by atoms with E-state index in [4.69, 9.17) is 0 Å². The molecule has 1 atom stereocenters. The highest BCUT2D eigenvalue weighted by Gasteiger charge is 2.22. The van der Waals surface area contributed by atoms with Crippen LogP contribution >= 0.6 is 27.7 Å². The second-order valence-corrected chi connectivity index (χ2v) is 7.28. The summed E-state index contributed by atoms with van der Waals surface area (Å²) in [5, 5.41) is 8.82. The van der Waals surface area contributed by atoms with Crippen molar-refractivity contribution < 1.29 is 9.90 Å². The van der Waals surface area contributed by atoms with Crippen molar-refractivity contribution in [2.75, 3.05) is 0 Å². The van der Waals surface area contributed by atoms with Crippen LogP contribution in [-0.4, -0.2) is 16.3 Å². The van der Waals surface area contributed by atoms with Crippen molar-refractivity contribution in [2.45, 2.75) is 37.8 Å². The molecule has 124 valence electrons. The van der Waals surface area contributed by atoms with Gasteiger partial charge in [-0.3, -0.25) is 4.79 Å². The summed E-state index contributed by atoms with van der Waals surface area (Å²) in [7, 11) is 0. The predicted octanol–water partition coefficient (Wildman–Crippen LogP) is 6.34. The van der Waals surface area contributed by atoms with Gasteiger partial charge in [-0.2, -0.15) is 0 Å². The zero-order valence-corrected chi connectivity index (χ0v) is 16.3. The molecule has 1 unspecified atom stereocenters. The summed E-state index contributed by atoms with van der Waals surface area (Å²) in [6.45, 7) is 7.87. The Balaban J connectivity index is 0.00000127. The van der Waals surface area contributed by atoms with Gasteiger partial charge in [0, 0.05) is 9.37 Å². The lowest BCUT2D eigenvalue weighted by Gasteiger charge is -2.15. The SMILES string of the molecule is CC.CC(C)C(Sc1ccc(-c2ccc(Br)cc2)cc1)C(=O)O. The van der Waals surface area contributed by atoms with E-state index < -0.39 is 11.2 Å². The maximum absolute atomic E-state index is 11.2. The third-order valence-corrected chi connectivity index (χ3v) is 5.22. The molecule has 23 heavy (non-hydrogen) atoms. The number of halogens is 1. The lowest BCUT2D eigenvalue weighted by Crippen LogP contribution is -2.22. The van der Waals surface area contributed by atoms with Gasteiger partial charge < -0.3 is 5.11 Å². The average Bonchev–Trinajstić information content (AvgIpc) is 2.55. The van der Waals surface area contributed by atoms with Gasteiger partial charge in [0.1, 0.15) is 5.25 Å². The van der Waals surface area contributed by atoms with Crippen LogP contribution in [0.25, 0.3) is 11.1 Å². The molecule has 0 saturated heterocycles. The second-order valence-electron chi connectivity index (χ2n) is 5.15. The molecule has 0 amide bonds. The van der Waals surface area contributed by atoms with E-state index in [9.17, 15) is 9.90 Å². The minimum absolute atomic E-state index is 0.0960. The van der Waals surface area contributed by atoms with Crippen LogP contribution in [0, 0.1) is 5.92 Å². The fourth-order valence-corrected chi connectivity index (χ4v) is 3.21. The second kappa shape index (κ2) is 9.78. The van der Waals surface area contributed by atoms with Gasteiger partial charge in [-0.25, -0.2) is 0 Å². The number of aliphatic carboxylic acids is 1. The number of carboxylic acids is 1. The fraction of sp³-hybridized carbons (Fsp3) is 0.316. The van der Waals surface area contributed by atoms with Crippen LogP contribution in [0.1, 0.15) is 27.7 Å². The summed E-state index contributed by atoms with van der Waals surface area (Å²) < 4.78 is 1.06. The standard InChI is InChI=1S/C17H17BrO2S.C2H6/c1-11(2)16(17(19)20)21-15-9-5-13(6-10-15)12-3-7-14(18)8-4-12;1-2/h3-11,16H,1-2H3,(H,19,20);1-2H3. The number of rotatable bonds is 5. The lowest BCUT2D eigenvalue weighted by atomic mass is 10.1. The van der Waals surface area contributed by atoms with Crippen LogP contribution in [0.3, 0.4) is 0 Å². The van der Waals surface area contributed by atoms with Crippen molar-refractivity contribution in [3.8, 4) is 11.1 Å². The molecule has 0 bridgehead atoms. The number of thioether (sulfide) groups is 1. The van der Waals surface area contributed by atoms with Gasteiger partial charge in [0.15, 0.2) is 0 Å². The van der Waals surface area contributed by atoms with Gasteiger partial charge in [0.05, 0.1) is 0 Å². The summed E-state index contributed by atoms with van der Waals surface area (Å²) in [5.74, 6) is -0.661. The molecule has 0 radical (unpaired) electrons. The molecular formula is C19H23BrO2S. The van der Waals surface area contributed by atoms with Gasteiger partial charge in [-0.1, -0.05) is 67.9 Å². The zero-order valence-electron chi connectivity index (χ0n) is 13.9. The Morgan fingerprint density at radius 3 is 1.78 bits per heavy atom. The largest absolute Gasteiger partial charge is 0.480 e. The summed E-state index contributed by atoms with van der Waals surface area (Å²) >= 11 is 4.83. The van der Waals surface area contributed by atoms with Crippen LogP contribution in [0.5, 0.6) is 0 Å². The van der Waals surface area contributed by atoms with Crippen LogP contribution < -0.4 is 0 Å². The van der Waals surface area contributed by atoms with E-state index in [1.165, 1.54) is 11.8 Å². The van der Waals surface area contributed by atoms with Crippen LogP contribution in [0.4, 0.5) is 0 Å². The number of hydrogen-bond acceptors (Lipinski definition) is 2. The summed E-state index contributed by atoms with van der Waals surface area (Å²) in [6, 6.07) is 16.2. The molecule has 2 nitrogen and oxygen atoms in total. The van der Waals surface area contributed by atoms with Crippen molar-refractivity contribution in [2.24, 2.45) is 5.92 Å². The summed E-state index contributed by atoms with van der Waals surface area (Å²) in [4.78, 5) is 12.2. The molecule has 0 aromatic heterocycles. The van der Waals surface area contributed by atoms with Crippen LogP contribution in [0.15, 0.2) is 57.9 Å². The minimum atomic E-state index is -0.757. The Kier molecular flexibility index (Phi) is 8.42. The van der Waals surface area contributed by atoms with Gasteiger partial charge in [-0.15, -0.1) is 11.8 Å². The average molecular weight is 395 g/mol. The van der Waals surface area contributed by atoms with E-state index in [-0.39, 0.29) is 5.92 Å². The molecule has 0 saturated carbocycles. The predicted molar refractivity (Wildman–Crippen MR) is 103 cm³/mol. The van der Waals surface area contributed by atoms with Gasteiger partial charge in [-0.05, 0) is 41.3 Å². The number of carbonyl (C=O) groups is 1. The Labute approximate surface area is 151 Å². The Hall–Kier alpha value is -1.26. The number of carboxylic acid groups (broad SMARTS) is 1. The maximum atomic E-state index is 11.2. The van der Waals surface area contributed by atoms with Crippen molar-refractivity contribution in [1.29, 1.82) is 0 Å². The lowest BCUT2D eigenvalue weighted by molar-refractivity contribution is -0.137. The summed E-state index contributed by atoms with van der Waals surface area (Å²) in [6.07, 6.45) is 0. The van der Waals surface area contributed by atoms with E-state index in [0.717, 1.165) is 20.5 Å². The van der Waals surface area contributed by atoms with Crippen LogP contribution in [-0.2, 0) is 4.79 Å². The maximum Gasteiger partial charge on any atom is 0.317 e. The van der Waals surface area contributed by atoms with E-state index in [1.54, 1.807) is 0 Å². The molecule has 0 aliphatic carbocycles. The highest BCUT2D eigenvalue weighted by atomic mass is 79.9. The highest BCUT2D eigenvalue weighted by molar-refractivity contribution is 9.10. The first kappa shape index (κ1) is 19.8. The minimum Gasteiger partial charge on any atom is -0.480 e. The number of benzene rings is 2. The monoisotopic (exact) mass is 394 g/mol. The van der Waals surface area contributed by atoms with Gasteiger partial charge in [0.25, 0.3) is 0 Å². The molecule has 0 heterocycles. The van der Waals surface area contributed by atoms with Crippen molar-refractivity contribution in [3.05, 3.63) is 53.0 Å². The van der Waals surface area contributed by atoms with Crippen molar-refractivity contribution in [1.82, 2.24) is 0 Å². The van der Waals surface area contributed by atoms with E-state index >= 15 is 0 Å². The molecule has 0 aliphatic heterocycles. The molecule has 2 aromatic carbocycles. The Bertz CT molecular complexity index is 606. The smallest absolute Gasteiger partial charge is 0.317 e. The van der Waals surface area contributed by atoms with Crippen LogP contribution in [0.2, 0.25) is 0 Å². The molecule has 0 spiro atoms. The molecule has 1 N–H and O–H groups in total. The zero-order chi connectivity index (χ0) is 17.4. The van der Waals surface area contributed by atoms with Gasteiger partial charge >= 0.3 is 5.97 Å². The van der Waals surface area contributed by atoms with E-state index in [2.05, 4.69) is 28.1 Å². The fourth-order valence-electron chi connectivity index (χ4n) is 1.99. The quantitative estimate of drug-likeness (QED) is 0.600. The third-order valence-electron chi connectivity index (χ3n) is 3.14. The molecule has 0 aliphatic rings. The van der Waals surface area contributed by atoms with Crippen molar-refractivity contribution in [3.63, 3.8) is 0 Å². The Morgan fingerprint density at radius 1 is 0.957 bits per heavy atom. The van der Waals surface area contributed by atoms with E-state index in [1.807, 2.05) is 64.1 Å². The molecule has 0 fully saturated rings. The topological polar surface area (TPSA) is 37.3 Å². The number of hydrogen-bond donors (Lipinski definition) is 1. The first-order valence-corrected chi connectivity index (χ1v) is 9.40.